The fourth-order valence-electron chi connectivity index (χ4n) is 4.71. The Morgan fingerprint density at radius 3 is 2.53 bits per heavy atom. The number of anilines is 2. The van der Waals surface area contributed by atoms with Gasteiger partial charge in [0.15, 0.2) is 0 Å². The lowest BCUT2D eigenvalue weighted by Crippen LogP contribution is -2.38. The summed E-state index contributed by atoms with van der Waals surface area (Å²) < 4.78 is 56.5. The monoisotopic (exact) mass is 416 g/mol. The van der Waals surface area contributed by atoms with E-state index in [4.69, 9.17) is 0 Å². The molecule has 0 saturated carbocycles. The van der Waals surface area contributed by atoms with Crippen molar-refractivity contribution in [3.63, 3.8) is 0 Å². The van der Waals surface area contributed by atoms with Gasteiger partial charge >= 0.3 is 6.18 Å². The second kappa shape index (κ2) is 7.18. The van der Waals surface area contributed by atoms with Crippen molar-refractivity contribution >= 4 is 17.5 Å². The topological polar surface area (TPSA) is 24.1 Å². The maximum atomic E-state index is 14.3. The first-order valence-corrected chi connectivity index (χ1v) is 9.97. The molecule has 6 heteroatoms. The molecule has 0 bridgehead atoms. The number of alkyl halides is 3. The number of allylic oxidation sites excluding steroid dienone is 1. The standard InChI is InChI=1S/C24H24F4N2/c1-12-5-7-17-21(15(12)4)13(2)11-18(24(26,27)28)22(17)30-20-10-9-19(25)23-16(20)8-6-14(3)29-23/h5-10,13,18,22,29-30H,3,11H2,1-2,4H3/t13-,18?,22?/m1/s1. The van der Waals surface area contributed by atoms with Crippen LogP contribution in [0.2, 0.25) is 0 Å². The number of hydrogen-bond acceptors (Lipinski definition) is 2. The van der Waals surface area contributed by atoms with Crippen molar-refractivity contribution in [1.82, 2.24) is 0 Å². The van der Waals surface area contributed by atoms with Gasteiger partial charge in [-0.1, -0.05) is 25.6 Å². The molecule has 2 aromatic carbocycles. The number of aryl methyl sites for hydroxylation is 1. The molecule has 1 aliphatic heterocycles. The number of nitrogens with one attached hydrogen (secondary N) is 2. The molecule has 0 radical (unpaired) electrons. The highest BCUT2D eigenvalue weighted by Crippen LogP contribution is 2.51. The molecule has 0 spiro atoms. The third-order valence-electron chi connectivity index (χ3n) is 6.32. The summed E-state index contributed by atoms with van der Waals surface area (Å²) in [5, 5.41) is 6.00. The van der Waals surface area contributed by atoms with Crippen LogP contribution in [-0.2, 0) is 0 Å². The lowest BCUT2D eigenvalue weighted by Gasteiger charge is -2.40. The van der Waals surface area contributed by atoms with Crippen LogP contribution < -0.4 is 10.6 Å². The highest BCUT2D eigenvalue weighted by molar-refractivity contribution is 5.83. The second-order valence-corrected chi connectivity index (χ2v) is 8.28. The van der Waals surface area contributed by atoms with Gasteiger partial charge in [-0.15, -0.1) is 0 Å². The molecule has 2 unspecified atom stereocenters. The molecular weight excluding hydrogens is 392 g/mol. The Morgan fingerprint density at radius 1 is 1.10 bits per heavy atom. The average molecular weight is 416 g/mol. The van der Waals surface area contributed by atoms with Gasteiger partial charge in [0, 0.05) is 16.9 Å². The minimum atomic E-state index is -4.36. The van der Waals surface area contributed by atoms with Crippen LogP contribution in [0.4, 0.5) is 28.9 Å². The van der Waals surface area contributed by atoms with E-state index in [0.29, 0.717) is 22.5 Å². The number of benzene rings is 2. The van der Waals surface area contributed by atoms with Gasteiger partial charge in [0.1, 0.15) is 5.82 Å². The van der Waals surface area contributed by atoms with Crippen LogP contribution >= 0.6 is 0 Å². The fraction of sp³-hybridized carbons (Fsp3) is 0.333. The summed E-state index contributed by atoms with van der Waals surface area (Å²) in [4.78, 5) is 0. The fourth-order valence-corrected chi connectivity index (χ4v) is 4.71. The first-order valence-electron chi connectivity index (χ1n) is 9.97. The number of hydrogen-bond donors (Lipinski definition) is 2. The van der Waals surface area contributed by atoms with Crippen molar-refractivity contribution < 1.29 is 17.6 Å². The quantitative estimate of drug-likeness (QED) is 0.505. The number of fused-ring (bicyclic) bond motifs is 2. The van der Waals surface area contributed by atoms with E-state index in [0.717, 1.165) is 16.7 Å². The van der Waals surface area contributed by atoms with E-state index in [9.17, 15) is 17.6 Å². The molecule has 2 aromatic rings. The molecule has 158 valence electrons. The van der Waals surface area contributed by atoms with Gasteiger partial charge in [0.25, 0.3) is 0 Å². The molecule has 1 heterocycles. The minimum absolute atomic E-state index is 0.00669. The summed E-state index contributed by atoms with van der Waals surface area (Å²) in [5.74, 6) is -2.22. The first kappa shape index (κ1) is 20.5. The van der Waals surface area contributed by atoms with Crippen LogP contribution in [0.15, 0.2) is 42.6 Å². The van der Waals surface area contributed by atoms with E-state index in [1.807, 2.05) is 26.8 Å². The molecular formula is C24H24F4N2. The molecule has 3 atom stereocenters. The molecule has 2 N–H and O–H groups in total. The van der Waals surface area contributed by atoms with Gasteiger partial charge in [-0.3, -0.25) is 0 Å². The third-order valence-corrected chi connectivity index (χ3v) is 6.32. The zero-order valence-electron chi connectivity index (χ0n) is 17.1. The van der Waals surface area contributed by atoms with Crippen molar-refractivity contribution in [3.8, 4) is 0 Å². The SMILES string of the molecule is C=C1C=Cc2c(NC3c4ccc(C)c(C)c4[C@H](C)CC3C(F)(F)F)ccc(F)c2N1. The average Bonchev–Trinajstić information content (AvgIpc) is 2.67. The van der Waals surface area contributed by atoms with Crippen molar-refractivity contribution in [2.75, 3.05) is 10.6 Å². The van der Waals surface area contributed by atoms with Crippen molar-refractivity contribution in [2.45, 2.75) is 45.3 Å². The van der Waals surface area contributed by atoms with Crippen LogP contribution in [0.3, 0.4) is 0 Å². The van der Waals surface area contributed by atoms with Crippen molar-refractivity contribution in [3.05, 3.63) is 76.3 Å². The first-order chi connectivity index (χ1) is 14.1. The Balaban J connectivity index is 1.85. The van der Waals surface area contributed by atoms with Crippen LogP contribution in [0.1, 0.15) is 53.1 Å². The summed E-state index contributed by atoms with van der Waals surface area (Å²) in [5.41, 5.74) is 5.43. The smallest absolute Gasteiger partial charge is 0.377 e. The number of halogens is 4. The predicted octanol–water partition coefficient (Wildman–Crippen LogP) is 7.23. The molecule has 0 aromatic heterocycles. The summed E-state index contributed by atoms with van der Waals surface area (Å²) >= 11 is 0. The van der Waals surface area contributed by atoms with E-state index in [2.05, 4.69) is 17.2 Å². The van der Waals surface area contributed by atoms with Gasteiger partial charge in [0.05, 0.1) is 17.6 Å². The highest BCUT2D eigenvalue weighted by atomic mass is 19.4. The lowest BCUT2D eigenvalue weighted by molar-refractivity contribution is -0.183. The Labute approximate surface area is 173 Å². The van der Waals surface area contributed by atoms with Crippen LogP contribution in [0.5, 0.6) is 0 Å². The van der Waals surface area contributed by atoms with Crippen molar-refractivity contribution in [2.24, 2.45) is 5.92 Å². The predicted molar refractivity (Wildman–Crippen MR) is 113 cm³/mol. The van der Waals surface area contributed by atoms with E-state index in [1.165, 1.54) is 12.1 Å². The summed E-state index contributed by atoms with van der Waals surface area (Å²) in [6.45, 7) is 9.56. The highest BCUT2D eigenvalue weighted by Gasteiger charge is 2.49. The largest absolute Gasteiger partial charge is 0.394 e. The van der Waals surface area contributed by atoms with Crippen LogP contribution in [0.25, 0.3) is 6.08 Å². The lowest BCUT2D eigenvalue weighted by atomic mass is 9.71. The van der Waals surface area contributed by atoms with Gasteiger partial charge in [-0.2, -0.15) is 13.2 Å². The molecule has 2 nitrogen and oxygen atoms in total. The Morgan fingerprint density at radius 2 is 1.83 bits per heavy atom. The Hall–Kier alpha value is -2.76. The van der Waals surface area contributed by atoms with Gasteiger partial charge in [-0.05, 0) is 72.7 Å². The molecule has 1 aliphatic carbocycles. The zero-order chi connectivity index (χ0) is 21.8. The van der Waals surface area contributed by atoms with Gasteiger partial charge in [-0.25, -0.2) is 4.39 Å². The minimum Gasteiger partial charge on any atom is -0.377 e. The summed E-state index contributed by atoms with van der Waals surface area (Å²) in [6.07, 6.45) is -0.995. The second-order valence-electron chi connectivity index (χ2n) is 8.28. The van der Waals surface area contributed by atoms with E-state index < -0.39 is 24.0 Å². The maximum Gasteiger partial charge on any atom is 0.394 e. The van der Waals surface area contributed by atoms with E-state index >= 15 is 0 Å². The van der Waals surface area contributed by atoms with E-state index in [1.54, 1.807) is 18.2 Å². The molecule has 0 fully saturated rings. The molecule has 30 heavy (non-hydrogen) atoms. The number of rotatable bonds is 2. The molecule has 4 rings (SSSR count). The Kier molecular flexibility index (Phi) is 4.91. The molecule has 2 aliphatic rings. The van der Waals surface area contributed by atoms with Gasteiger partial charge in [0.2, 0.25) is 0 Å². The van der Waals surface area contributed by atoms with Crippen LogP contribution in [0, 0.1) is 25.6 Å². The molecule has 0 saturated heterocycles. The summed E-state index contributed by atoms with van der Waals surface area (Å²) in [7, 11) is 0. The Bertz CT molecular complexity index is 1050. The normalized spacial score (nSPS) is 22.9. The van der Waals surface area contributed by atoms with Gasteiger partial charge < -0.3 is 10.6 Å². The maximum absolute atomic E-state index is 14.3. The third kappa shape index (κ3) is 3.38. The van der Waals surface area contributed by atoms with Crippen molar-refractivity contribution in [1.29, 1.82) is 0 Å². The summed E-state index contributed by atoms with van der Waals surface area (Å²) in [6, 6.07) is 5.48. The van der Waals surface area contributed by atoms with Crippen LogP contribution in [-0.4, -0.2) is 6.18 Å². The van der Waals surface area contributed by atoms with E-state index in [-0.39, 0.29) is 18.0 Å². The molecule has 0 amide bonds. The zero-order valence-corrected chi connectivity index (χ0v) is 17.1.